The van der Waals surface area contributed by atoms with Gasteiger partial charge < -0.3 is 4.90 Å². The molecule has 2 N–H and O–H groups in total. The standard InChI is InChI=1S/C12H16N4OS2/c1-4-16(3)12(17)15-11-14-9-6-5-8(19-13-2)7-10(9)18-11/h5-7,13H,4H2,1-3H3,(H,14,15,17). The van der Waals surface area contributed by atoms with Crippen LogP contribution in [0, 0.1) is 0 Å². The molecule has 102 valence electrons. The van der Waals surface area contributed by atoms with Gasteiger partial charge in [-0.15, -0.1) is 0 Å². The summed E-state index contributed by atoms with van der Waals surface area (Å²) in [6, 6.07) is 5.90. The molecule has 7 heteroatoms. The Balaban J connectivity index is 2.19. The molecule has 2 amide bonds. The lowest BCUT2D eigenvalue weighted by Gasteiger charge is -2.13. The highest BCUT2D eigenvalue weighted by atomic mass is 32.2. The Kier molecular flexibility index (Phi) is 4.62. The maximum Gasteiger partial charge on any atom is 0.323 e. The van der Waals surface area contributed by atoms with Crippen molar-refractivity contribution in [3.63, 3.8) is 0 Å². The van der Waals surface area contributed by atoms with Gasteiger partial charge >= 0.3 is 6.03 Å². The van der Waals surface area contributed by atoms with Crippen LogP contribution in [0.5, 0.6) is 0 Å². The van der Waals surface area contributed by atoms with Crippen LogP contribution < -0.4 is 10.0 Å². The number of thiazole rings is 1. The number of hydrogen-bond acceptors (Lipinski definition) is 5. The lowest BCUT2D eigenvalue weighted by atomic mass is 10.3. The molecular formula is C12H16N4OS2. The summed E-state index contributed by atoms with van der Waals surface area (Å²) in [5.41, 5.74) is 0.903. The van der Waals surface area contributed by atoms with Gasteiger partial charge in [0.2, 0.25) is 0 Å². The van der Waals surface area contributed by atoms with E-state index >= 15 is 0 Å². The van der Waals surface area contributed by atoms with Crippen LogP contribution in [0.4, 0.5) is 9.93 Å². The molecule has 0 aliphatic rings. The zero-order valence-electron chi connectivity index (χ0n) is 11.1. The van der Waals surface area contributed by atoms with Crippen molar-refractivity contribution in [3.05, 3.63) is 18.2 Å². The van der Waals surface area contributed by atoms with Gasteiger partial charge in [0.1, 0.15) is 0 Å². The smallest absolute Gasteiger partial charge is 0.323 e. The van der Waals surface area contributed by atoms with Gasteiger partial charge in [-0.05, 0) is 44.1 Å². The summed E-state index contributed by atoms with van der Waals surface area (Å²) in [6.45, 7) is 2.60. The predicted octanol–water partition coefficient (Wildman–Crippen LogP) is 3.01. The molecular weight excluding hydrogens is 280 g/mol. The van der Waals surface area contributed by atoms with E-state index in [2.05, 4.69) is 21.1 Å². The summed E-state index contributed by atoms with van der Waals surface area (Å²) >= 11 is 3.04. The fourth-order valence-corrected chi connectivity index (χ4v) is 2.99. The van der Waals surface area contributed by atoms with Crippen LogP contribution >= 0.6 is 23.3 Å². The van der Waals surface area contributed by atoms with Crippen molar-refractivity contribution in [1.82, 2.24) is 14.6 Å². The van der Waals surface area contributed by atoms with Crippen LogP contribution in [-0.4, -0.2) is 36.6 Å². The number of benzene rings is 1. The average Bonchev–Trinajstić information content (AvgIpc) is 2.79. The first-order valence-electron chi connectivity index (χ1n) is 5.90. The molecule has 0 radical (unpaired) electrons. The predicted molar refractivity (Wildman–Crippen MR) is 81.9 cm³/mol. The van der Waals surface area contributed by atoms with Crippen LogP contribution in [0.2, 0.25) is 0 Å². The minimum absolute atomic E-state index is 0.133. The van der Waals surface area contributed by atoms with E-state index in [1.54, 1.807) is 23.9 Å². The molecule has 1 aromatic carbocycles. The van der Waals surface area contributed by atoms with Crippen LogP contribution in [0.15, 0.2) is 23.1 Å². The summed E-state index contributed by atoms with van der Waals surface area (Å²) in [6.07, 6.45) is 0. The quantitative estimate of drug-likeness (QED) is 0.852. The Bertz CT molecular complexity index is 584. The van der Waals surface area contributed by atoms with Gasteiger partial charge in [-0.3, -0.25) is 10.0 Å². The summed E-state index contributed by atoms with van der Waals surface area (Å²) in [7, 11) is 3.64. The highest BCUT2D eigenvalue weighted by molar-refractivity contribution is 7.97. The molecule has 1 aromatic heterocycles. The number of rotatable bonds is 4. The maximum absolute atomic E-state index is 11.8. The first kappa shape index (κ1) is 14.1. The minimum Gasteiger partial charge on any atom is -0.328 e. The second-order valence-electron chi connectivity index (χ2n) is 3.90. The molecule has 0 bridgehead atoms. The van der Waals surface area contributed by atoms with Gasteiger partial charge in [0.05, 0.1) is 10.2 Å². The van der Waals surface area contributed by atoms with Gasteiger partial charge in [-0.2, -0.15) is 0 Å². The number of carbonyl (C=O) groups is 1. The number of urea groups is 1. The molecule has 0 unspecified atom stereocenters. The number of fused-ring (bicyclic) bond motifs is 1. The Labute approximate surface area is 120 Å². The third kappa shape index (κ3) is 3.37. The second-order valence-corrected chi connectivity index (χ2v) is 6.01. The van der Waals surface area contributed by atoms with Gasteiger partial charge in [0, 0.05) is 18.5 Å². The van der Waals surface area contributed by atoms with Crippen LogP contribution in [0.3, 0.4) is 0 Å². The molecule has 19 heavy (non-hydrogen) atoms. The lowest BCUT2D eigenvalue weighted by Crippen LogP contribution is -2.30. The van der Waals surface area contributed by atoms with E-state index in [1.165, 1.54) is 11.3 Å². The van der Waals surface area contributed by atoms with Crippen molar-refractivity contribution in [2.75, 3.05) is 26.0 Å². The number of hydrogen-bond donors (Lipinski definition) is 2. The van der Waals surface area contributed by atoms with Crippen LogP contribution in [-0.2, 0) is 0 Å². The van der Waals surface area contributed by atoms with Crippen molar-refractivity contribution in [2.24, 2.45) is 0 Å². The molecule has 0 aliphatic carbocycles. The number of amides is 2. The number of carbonyl (C=O) groups excluding carboxylic acids is 1. The van der Waals surface area contributed by atoms with Crippen molar-refractivity contribution < 1.29 is 4.79 Å². The SMILES string of the molecule is CCN(C)C(=O)Nc1nc2ccc(SNC)cc2s1. The summed E-state index contributed by atoms with van der Waals surface area (Å²) in [5.74, 6) is 0. The van der Waals surface area contributed by atoms with E-state index in [9.17, 15) is 4.79 Å². The molecule has 1 heterocycles. The molecule has 2 rings (SSSR count). The third-order valence-electron chi connectivity index (χ3n) is 2.61. The van der Waals surface area contributed by atoms with Crippen molar-refractivity contribution in [3.8, 4) is 0 Å². The lowest BCUT2D eigenvalue weighted by molar-refractivity contribution is 0.224. The van der Waals surface area contributed by atoms with E-state index in [-0.39, 0.29) is 6.03 Å². The molecule has 0 saturated carbocycles. The Morgan fingerprint density at radius 1 is 1.53 bits per heavy atom. The van der Waals surface area contributed by atoms with Gasteiger partial charge in [0.15, 0.2) is 5.13 Å². The van der Waals surface area contributed by atoms with Crippen molar-refractivity contribution >= 4 is 44.7 Å². The Hall–Kier alpha value is -1.31. The van der Waals surface area contributed by atoms with Crippen molar-refractivity contribution in [2.45, 2.75) is 11.8 Å². The molecule has 0 spiro atoms. The Morgan fingerprint density at radius 3 is 3.00 bits per heavy atom. The number of nitrogens with zero attached hydrogens (tertiary/aromatic N) is 2. The maximum atomic E-state index is 11.8. The van der Waals surface area contributed by atoms with Crippen molar-refractivity contribution in [1.29, 1.82) is 0 Å². The normalized spacial score (nSPS) is 10.7. The third-order valence-corrected chi connectivity index (χ3v) is 4.24. The topological polar surface area (TPSA) is 57.3 Å². The average molecular weight is 296 g/mol. The van der Waals surface area contributed by atoms with Crippen LogP contribution in [0.1, 0.15) is 6.92 Å². The van der Waals surface area contributed by atoms with Gasteiger partial charge in [0.25, 0.3) is 0 Å². The first-order chi connectivity index (χ1) is 9.13. The molecule has 2 aromatic rings. The number of aromatic nitrogens is 1. The molecule has 0 fully saturated rings. The van der Waals surface area contributed by atoms with Gasteiger partial charge in [-0.1, -0.05) is 11.3 Å². The van der Waals surface area contributed by atoms with Gasteiger partial charge in [-0.25, -0.2) is 9.78 Å². The highest BCUT2D eigenvalue weighted by Gasteiger charge is 2.10. The summed E-state index contributed by atoms with van der Waals surface area (Å²) < 4.78 is 4.10. The monoisotopic (exact) mass is 296 g/mol. The second kappa shape index (κ2) is 6.23. The van der Waals surface area contributed by atoms with E-state index in [0.29, 0.717) is 11.7 Å². The zero-order valence-corrected chi connectivity index (χ0v) is 12.7. The Morgan fingerprint density at radius 2 is 2.32 bits per heavy atom. The largest absolute Gasteiger partial charge is 0.328 e. The summed E-state index contributed by atoms with van der Waals surface area (Å²) in [5, 5.41) is 3.44. The number of anilines is 1. The summed E-state index contributed by atoms with van der Waals surface area (Å²) in [4.78, 5) is 18.9. The fraction of sp³-hybridized carbons (Fsp3) is 0.333. The molecule has 0 atom stereocenters. The molecule has 0 aliphatic heterocycles. The van der Waals surface area contributed by atoms with Crippen LogP contribution in [0.25, 0.3) is 10.2 Å². The number of nitrogens with one attached hydrogen (secondary N) is 2. The van der Waals surface area contributed by atoms with E-state index in [4.69, 9.17) is 0 Å². The van der Waals surface area contributed by atoms with E-state index in [1.807, 2.05) is 26.1 Å². The zero-order chi connectivity index (χ0) is 13.8. The van der Waals surface area contributed by atoms with E-state index in [0.717, 1.165) is 15.1 Å². The fourth-order valence-electron chi connectivity index (χ4n) is 1.47. The van der Waals surface area contributed by atoms with E-state index < -0.39 is 0 Å². The highest BCUT2D eigenvalue weighted by Crippen LogP contribution is 2.29. The molecule has 5 nitrogen and oxygen atoms in total. The minimum atomic E-state index is -0.133. The molecule has 0 saturated heterocycles. The first-order valence-corrected chi connectivity index (χ1v) is 7.53.